The summed E-state index contributed by atoms with van der Waals surface area (Å²) in [5.41, 5.74) is 7.66. The Hall–Kier alpha value is -3.01. The Bertz CT molecular complexity index is 992. The zero-order valence-corrected chi connectivity index (χ0v) is 16.2. The van der Waals surface area contributed by atoms with Crippen LogP contribution in [0.5, 0.6) is 0 Å². The summed E-state index contributed by atoms with van der Waals surface area (Å²) in [6.07, 6.45) is 7.34. The summed E-state index contributed by atoms with van der Waals surface area (Å²) in [6, 6.07) is 0.149. The number of likely N-dealkylation sites (tertiary alicyclic amines) is 1. The summed E-state index contributed by atoms with van der Waals surface area (Å²) in [5.74, 6) is 0.980. The molecule has 4 heterocycles. The van der Waals surface area contributed by atoms with Crippen molar-refractivity contribution in [3.05, 3.63) is 18.6 Å². The zero-order chi connectivity index (χ0) is 19.7. The largest absolute Gasteiger partial charge is 0.383 e. The van der Waals surface area contributed by atoms with Crippen molar-refractivity contribution in [3.63, 3.8) is 0 Å². The topological polar surface area (TPSA) is 120 Å². The van der Waals surface area contributed by atoms with E-state index in [9.17, 15) is 4.79 Å². The van der Waals surface area contributed by atoms with Crippen LogP contribution in [-0.2, 0) is 11.3 Å². The van der Waals surface area contributed by atoms with E-state index in [2.05, 4.69) is 30.4 Å². The molecule has 3 aromatic heterocycles. The Morgan fingerprint density at radius 1 is 1.32 bits per heavy atom. The van der Waals surface area contributed by atoms with Gasteiger partial charge in [-0.3, -0.25) is 14.4 Å². The van der Waals surface area contributed by atoms with E-state index in [0.717, 1.165) is 43.5 Å². The molecule has 1 saturated heterocycles. The van der Waals surface area contributed by atoms with Gasteiger partial charge in [0.05, 0.1) is 36.1 Å². The Labute approximate surface area is 162 Å². The number of ketones is 1. The van der Waals surface area contributed by atoms with Crippen molar-refractivity contribution in [1.82, 2.24) is 34.4 Å². The van der Waals surface area contributed by atoms with Gasteiger partial charge in [-0.1, -0.05) is 0 Å². The molecule has 0 radical (unpaired) electrons. The SMILES string of the molecule is CCn1cc(Nc2nc(N)c3cnn(C4CCCN(CC(C)=O)C4)c3n2)cn1. The number of hydrogen-bond donors (Lipinski definition) is 2. The summed E-state index contributed by atoms with van der Waals surface area (Å²) < 4.78 is 3.74. The van der Waals surface area contributed by atoms with Crippen LogP contribution < -0.4 is 11.1 Å². The van der Waals surface area contributed by atoms with Crippen LogP contribution in [-0.4, -0.2) is 59.8 Å². The summed E-state index contributed by atoms with van der Waals surface area (Å²) in [6.45, 7) is 6.61. The lowest BCUT2D eigenvalue weighted by molar-refractivity contribution is -0.118. The number of aryl methyl sites for hydroxylation is 1. The normalized spacial score (nSPS) is 17.9. The van der Waals surface area contributed by atoms with E-state index in [1.807, 2.05) is 22.5 Å². The number of nitrogens with two attached hydrogens (primary N) is 1. The maximum Gasteiger partial charge on any atom is 0.231 e. The van der Waals surface area contributed by atoms with Crippen molar-refractivity contribution >= 4 is 34.3 Å². The molecule has 0 aromatic carbocycles. The van der Waals surface area contributed by atoms with Crippen molar-refractivity contribution in [3.8, 4) is 0 Å². The first-order chi connectivity index (χ1) is 13.5. The fraction of sp³-hybridized carbons (Fsp3) is 0.500. The van der Waals surface area contributed by atoms with Gasteiger partial charge in [0.2, 0.25) is 5.95 Å². The van der Waals surface area contributed by atoms with Gasteiger partial charge in [-0.15, -0.1) is 0 Å². The predicted octanol–water partition coefficient (Wildman–Crippen LogP) is 1.59. The van der Waals surface area contributed by atoms with Crippen molar-refractivity contribution in [2.75, 3.05) is 30.7 Å². The fourth-order valence-electron chi connectivity index (χ4n) is 3.69. The van der Waals surface area contributed by atoms with Crippen LogP contribution in [0.3, 0.4) is 0 Å². The van der Waals surface area contributed by atoms with Gasteiger partial charge in [-0.25, -0.2) is 4.68 Å². The number of hydrogen-bond acceptors (Lipinski definition) is 8. The highest BCUT2D eigenvalue weighted by Crippen LogP contribution is 2.27. The van der Waals surface area contributed by atoms with Crippen molar-refractivity contribution in [2.24, 2.45) is 0 Å². The number of Topliss-reactive ketones (excluding diaryl/α,β-unsaturated/α-hetero) is 1. The standard InChI is InChI=1S/C18H25N9O/c1-3-26-10-13(7-20-26)22-18-23-16(19)15-8-21-27(17(15)24-18)14-5-4-6-25(11-14)9-12(2)28/h7-8,10,14H,3-6,9,11H2,1-2H3,(H3,19,22,23,24). The summed E-state index contributed by atoms with van der Waals surface area (Å²) in [4.78, 5) is 22.7. The molecule has 1 atom stereocenters. The maximum absolute atomic E-state index is 11.5. The summed E-state index contributed by atoms with van der Waals surface area (Å²) >= 11 is 0. The molecule has 1 unspecified atom stereocenters. The molecule has 0 amide bonds. The molecule has 148 valence electrons. The van der Waals surface area contributed by atoms with Gasteiger partial charge in [0.1, 0.15) is 11.6 Å². The molecule has 10 nitrogen and oxygen atoms in total. The molecule has 1 aliphatic rings. The number of nitrogen functional groups attached to an aromatic ring is 1. The maximum atomic E-state index is 11.5. The molecule has 0 bridgehead atoms. The van der Waals surface area contributed by atoms with Crippen LogP contribution in [0, 0.1) is 0 Å². The number of carbonyl (C=O) groups excluding carboxylic acids is 1. The van der Waals surface area contributed by atoms with Gasteiger partial charge >= 0.3 is 0 Å². The van der Waals surface area contributed by atoms with Crippen LogP contribution in [0.4, 0.5) is 17.5 Å². The van der Waals surface area contributed by atoms with Crippen LogP contribution in [0.2, 0.25) is 0 Å². The average molecular weight is 383 g/mol. The van der Waals surface area contributed by atoms with Gasteiger partial charge in [0.15, 0.2) is 5.65 Å². The van der Waals surface area contributed by atoms with Crippen LogP contribution >= 0.6 is 0 Å². The average Bonchev–Trinajstić information content (AvgIpc) is 3.28. The van der Waals surface area contributed by atoms with Gasteiger partial charge in [-0.2, -0.15) is 20.2 Å². The molecule has 10 heteroatoms. The second-order valence-corrected chi connectivity index (χ2v) is 7.20. The highest BCUT2D eigenvalue weighted by Gasteiger charge is 2.25. The Kier molecular flexibility index (Phi) is 4.95. The molecule has 0 spiro atoms. The second-order valence-electron chi connectivity index (χ2n) is 7.20. The third-order valence-corrected chi connectivity index (χ3v) is 4.97. The molecule has 3 aromatic rings. The number of rotatable bonds is 6. The number of nitrogens with zero attached hydrogens (tertiary/aromatic N) is 7. The van der Waals surface area contributed by atoms with Gasteiger partial charge in [0.25, 0.3) is 0 Å². The van der Waals surface area contributed by atoms with Gasteiger partial charge in [-0.05, 0) is 33.2 Å². The number of nitrogens with one attached hydrogen (secondary N) is 1. The van der Waals surface area contributed by atoms with Crippen LogP contribution in [0.25, 0.3) is 11.0 Å². The number of aromatic nitrogens is 6. The van der Waals surface area contributed by atoms with E-state index in [1.54, 1.807) is 19.3 Å². The minimum atomic E-state index is 0.149. The van der Waals surface area contributed by atoms with E-state index in [1.165, 1.54) is 0 Å². The predicted molar refractivity (Wildman–Crippen MR) is 106 cm³/mol. The molecule has 3 N–H and O–H groups in total. The Morgan fingerprint density at radius 2 is 2.18 bits per heavy atom. The molecular weight excluding hydrogens is 358 g/mol. The number of fused-ring (bicyclic) bond motifs is 1. The van der Waals surface area contributed by atoms with E-state index in [-0.39, 0.29) is 11.8 Å². The third-order valence-electron chi connectivity index (χ3n) is 4.97. The van der Waals surface area contributed by atoms with Crippen LogP contribution in [0.1, 0.15) is 32.7 Å². The number of carbonyl (C=O) groups is 1. The Balaban J connectivity index is 1.62. The Morgan fingerprint density at radius 3 is 2.93 bits per heavy atom. The first kappa shape index (κ1) is 18.4. The lowest BCUT2D eigenvalue weighted by Crippen LogP contribution is -2.39. The van der Waals surface area contributed by atoms with E-state index >= 15 is 0 Å². The van der Waals surface area contributed by atoms with E-state index in [4.69, 9.17) is 5.73 Å². The lowest BCUT2D eigenvalue weighted by atomic mass is 10.1. The van der Waals surface area contributed by atoms with Crippen LogP contribution in [0.15, 0.2) is 18.6 Å². The monoisotopic (exact) mass is 383 g/mol. The van der Waals surface area contributed by atoms with Crippen molar-refractivity contribution in [2.45, 2.75) is 39.3 Å². The second kappa shape index (κ2) is 7.55. The van der Waals surface area contributed by atoms with Crippen molar-refractivity contribution < 1.29 is 4.79 Å². The third kappa shape index (κ3) is 3.68. The smallest absolute Gasteiger partial charge is 0.231 e. The van der Waals surface area contributed by atoms with Gasteiger partial charge in [0, 0.05) is 19.3 Å². The molecular formula is C18H25N9O. The lowest BCUT2D eigenvalue weighted by Gasteiger charge is -2.32. The molecule has 4 rings (SSSR count). The fourth-order valence-corrected chi connectivity index (χ4v) is 3.69. The number of anilines is 3. The first-order valence-corrected chi connectivity index (χ1v) is 9.55. The minimum absolute atomic E-state index is 0.149. The van der Waals surface area contributed by atoms with E-state index < -0.39 is 0 Å². The molecule has 0 saturated carbocycles. The minimum Gasteiger partial charge on any atom is -0.383 e. The number of piperidine rings is 1. The molecule has 1 aliphatic heterocycles. The quantitative estimate of drug-likeness (QED) is 0.658. The highest BCUT2D eigenvalue weighted by atomic mass is 16.1. The molecule has 1 fully saturated rings. The first-order valence-electron chi connectivity index (χ1n) is 9.55. The summed E-state index contributed by atoms with van der Waals surface area (Å²) in [5, 5.41) is 12.7. The van der Waals surface area contributed by atoms with Crippen molar-refractivity contribution in [1.29, 1.82) is 0 Å². The molecule has 0 aliphatic carbocycles. The molecule has 28 heavy (non-hydrogen) atoms. The summed E-state index contributed by atoms with van der Waals surface area (Å²) in [7, 11) is 0. The van der Waals surface area contributed by atoms with Gasteiger partial charge < -0.3 is 11.1 Å². The van der Waals surface area contributed by atoms with E-state index in [0.29, 0.717) is 24.0 Å². The highest BCUT2D eigenvalue weighted by molar-refractivity contribution is 5.86. The zero-order valence-electron chi connectivity index (χ0n) is 16.2.